The van der Waals surface area contributed by atoms with E-state index in [0.29, 0.717) is 22.9 Å². The molecule has 1 aliphatic heterocycles. The van der Waals surface area contributed by atoms with Crippen LogP contribution in [0.1, 0.15) is 47.7 Å². The predicted molar refractivity (Wildman–Crippen MR) is 113 cm³/mol. The molecule has 2 aromatic carbocycles. The molecule has 0 aromatic heterocycles. The Morgan fingerprint density at radius 1 is 0.966 bits per heavy atom. The van der Waals surface area contributed by atoms with Crippen molar-refractivity contribution in [2.75, 3.05) is 10.2 Å². The number of rotatable bonds is 3. The third kappa shape index (κ3) is 3.46. The Morgan fingerprint density at radius 2 is 1.69 bits per heavy atom. The van der Waals surface area contributed by atoms with Crippen LogP contribution < -0.4 is 10.2 Å². The van der Waals surface area contributed by atoms with Crippen molar-refractivity contribution >= 4 is 29.1 Å². The Balaban J connectivity index is 1.64. The number of carbonyl (C=O) groups is 3. The first-order valence-electron chi connectivity index (χ1n) is 10.2. The first-order valence-corrected chi connectivity index (χ1v) is 10.2. The van der Waals surface area contributed by atoms with Gasteiger partial charge in [-0.3, -0.25) is 14.4 Å². The number of nitrogens with zero attached hydrogens (tertiary/aromatic N) is 1. The Labute approximate surface area is 171 Å². The zero-order valence-electron chi connectivity index (χ0n) is 17.1. The Bertz CT molecular complexity index is 997. The minimum absolute atomic E-state index is 0.168. The van der Waals surface area contributed by atoms with Crippen molar-refractivity contribution in [2.24, 2.45) is 17.8 Å². The second kappa shape index (κ2) is 7.47. The molecule has 150 valence electrons. The van der Waals surface area contributed by atoms with Gasteiger partial charge in [0.1, 0.15) is 0 Å². The van der Waals surface area contributed by atoms with E-state index in [1.165, 1.54) is 4.90 Å². The number of carbonyl (C=O) groups excluding carboxylic acids is 3. The number of anilines is 2. The number of hydrogen-bond acceptors (Lipinski definition) is 3. The fraction of sp³-hybridized carbons (Fsp3) is 0.375. The van der Waals surface area contributed by atoms with Crippen molar-refractivity contribution in [3.05, 3.63) is 59.2 Å². The van der Waals surface area contributed by atoms with Crippen LogP contribution in [-0.2, 0) is 9.59 Å². The van der Waals surface area contributed by atoms with Crippen LogP contribution in [0, 0.1) is 31.6 Å². The zero-order chi connectivity index (χ0) is 20.7. The highest BCUT2D eigenvalue weighted by Gasteiger charge is 2.50. The molecule has 3 atom stereocenters. The smallest absolute Gasteiger partial charge is 0.257 e. The highest BCUT2D eigenvalue weighted by atomic mass is 16.2. The van der Waals surface area contributed by atoms with Crippen LogP contribution in [0.15, 0.2) is 42.5 Å². The molecule has 2 aromatic rings. The fourth-order valence-corrected chi connectivity index (χ4v) is 4.51. The van der Waals surface area contributed by atoms with Gasteiger partial charge in [0, 0.05) is 5.69 Å². The summed E-state index contributed by atoms with van der Waals surface area (Å²) in [5.74, 6) is -0.739. The van der Waals surface area contributed by atoms with E-state index in [-0.39, 0.29) is 29.6 Å². The highest BCUT2D eigenvalue weighted by Crippen LogP contribution is 2.42. The Kier molecular flexibility index (Phi) is 4.99. The molecule has 3 amide bonds. The van der Waals surface area contributed by atoms with Crippen LogP contribution in [0.3, 0.4) is 0 Å². The summed E-state index contributed by atoms with van der Waals surface area (Å²) in [6, 6.07) is 12.6. The largest absolute Gasteiger partial charge is 0.322 e. The quantitative estimate of drug-likeness (QED) is 0.786. The second-order valence-corrected chi connectivity index (χ2v) is 8.41. The van der Waals surface area contributed by atoms with Gasteiger partial charge < -0.3 is 5.32 Å². The molecule has 5 nitrogen and oxygen atoms in total. The van der Waals surface area contributed by atoms with Gasteiger partial charge in [0.15, 0.2) is 0 Å². The van der Waals surface area contributed by atoms with E-state index in [1.807, 2.05) is 32.0 Å². The van der Waals surface area contributed by atoms with Gasteiger partial charge in [-0.1, -0.05) is 25.1 Å². The van der Waals surface area contributed by atoms with E-state index in [1.54, 1.807) is 24.3 Å². The predicted octanol–water partition coefficient (Wildman–Crippen LogP) is 4.48. The summed E-state index contributed by atoms with van der Waals surface area (Å²) in [6.07, 6.45) is 2.44. The molecule has 4 rings (SSSR count). The van der Waals surface area contributed by atoms with Crippen LogP contribution in [0.4, 0.5) is 11.4 Å². The maximum atomic E-state index is 13.1. The third-order valence-corrected chi connectivity index (χ3v) is 6.34. The van der Waals surface area contributed by atoms with E-state index in [4.69, 9.17) is 0 Å². The molecule has 0 radical (unpaired) electrons. The van der Waals surface area contributed by atoms with Gasteiger partial charge in [-0.25, -0.2) is 4.90 Å². The summed E-state index contributed by atoms with van der Waals surface area (Å²) in [5.41, 5.74) is 3.63. The first-order chi connectivity index (χ1) is 13.9. The van der Waals surface area contributed by atoms with Gasteiger partial charge in [0.25, 0.3) is 5.91 Å². The van der Waals surface area contributed by atoms with Crippen LogP contribution >= 0.6 is 0 Å². The maximum Gasteiger partial charge on any atom is 0.257 e. The summed E-state index contributed by atoms with van der Waals surface area (Å²) < 4.78 is 0. The standard InChI is InChI=1S/C24H26N2O3/c1-14-8-11-18-20(12-14)24(29)26(23(18)28)21-7-5-4-6-19(21)22(27)25-17-10-9-15(2)16(3)13-17/h4-7,9-10,13-14,18,20H,8,11-12H2,1-3H3,(H,25,27)/t14-,18-,20-/m0/s1. The minimum Gasteiger partial charge on any atom is -0.322 e. The van der Waals surface area contributed by atoms with Gasteiger partial charge in [-0.05, 0) is 74.4 Å². The van der Waals surface area contributed by atoms with Crippen molar-refractivity contribution < 1.29 is 14.4 Å². The van der Waals surface area contributed by atoms with E-state index in [0.717, 1.165) is 30.4 Å². The van der Waals surface area contributed by atoms with Crippen LogP contribution in [0.25, 0.3) is 0 Å². The average Bonchev–Trinajstić information content (AvgIpc) is 2.94. The summed E-state index contributed by atoms with van der Waals surface area (Å²) >= 11 is 0. The monoisotopic (exact) mass is 390 g/mol. The lowest BCUT2D eigenvalue weighted by Gasteiger charge is -2.25. The molecule has 29 heavy (non-hydrogen) atoms. The lowest BCUT2D eigenvalue weighted by Crippen LogP contribution is -2.33. The van der Waals surface area contributed by atoms with Gasteiger partial charge in [0.05, 0.1) is 23.1 Å². The van der Waals surface area contributed by atoms with Crippen molar-refractivity contribution in [3.63, 3.8) is 0 Å². The van der Waals surface area contributed by atoms with Crippen LogP contribution in [-0.4, -0.2) is 17.7 Å². The molecule has 0 unspecified atom stereocenters. The topological polar surface area (TPSA) is 66.5 Å². The van der Waals surface area contributed by atoms with E-state index < -0.39 is 0 Å². The number of hydrogen-bond donors (Lipinski definition) is 1. The SMILES string of the molecule is Cc1ccc(NC(=O)c2ccccc2N2C(=O)[C@H]3CC[C@H](C)C[C@@H]3C2=O)cc1C. The fourth-order valence-electron chi connectivity index (χ4n) is 4.51. The molecule has 1 aliphatic carbocycles. The molecular formula is C24H26N2O3. The normalized spacial score (nSPS) is 23.8. The third-order valence-electron chi connectivity index (χ3n) is 6.34. The number of fused-ring (bicyclic) bond motifs is 1. The summed E-state index contributed by atoms with van der Waals surface area (Å²) in [6.45, 7) is 6.13. The highest BCUT2D eigenvalue weighted by molar-refractivity contribution is 6.24. The first kappa shape index (κ1) is 19.4. The maximum absolute atomic E-state index is 13.1. The lowest BCUT2D eigenvalue weighted by molar-refractivity contribution is -0.122. The van der Waals surface area contributed by atoms with Crippen molar-refractivity contribution in [1.29, 1.82) is 0 Å². The number of nitrogens with one attached hydrogen (secondary N) is 1. The number of amides is 3. The summed E-state index contributed by atoms with van der Waals surface area (Å²) in [5, 5.41) is 2.90. The van der Waals surface area contributed by atoms with Gasteiger partial charge in [-0.15, -0.1) is 0 Å². The number of para-hydroxylation sites is 1. The van der Waals surface area contributed by atoms with E-state index >= 15 is 0 Å². The molecule has 0 bridgehead atoms. The molecule has 1 heterocycles. The number of aryl methyl sites for hydroxylation is 2. The molecule has 2 aliphatic rings. The average molecular weight is 390 g/mol. The minimum atomic E-state index is -0.326. The van der Waals surface area contributed by atoms with E-state index in [9.17, 15) is 14.4 Å². The second-order valence-electron chi connectivity index (χ2n) is 8.41. The van der Waals surface area contributed by atoms with Crippen molar-refractivity contribution in [2.45, 2.75) is 40.0 Å². The van der Waals surface area contributed by atoms with Gasteiger partial charge >= 0.3 is 0 Å². The Morgan fingerprint density at radius 3 is 2.45 bits per heavy atom. The van der Waals surface area contributed by atoms with Gasteiger partial charge in [-0.2, -0.15) is 0 Å². The molecule has 1 N–H and O–H groups in total. The molecule has 5 heteroatoms. The molecule has 2 fully saturated rings. The number of imide groups is 1. The van der Waals surface area contributed by atoms with Crippen LogP contribution in [0.5, 0.6) is 0 Å². The lowest BCUT2D eigenvalue weighted by atomic mass is 9.76. The summed E-state index contributed by atoms with van der Waals surface area (Å²) in [7, 11) is 0. The van der Waals surface area contributed by atoms with Crippen LogP contribution in [0.2, 0.25) is 0 Å². The number of benzene rings is 2. The van der Waals surface area contributed by atoms with Gasteiger partial charge in [0.2, 0.25) is 11.8 Å². The summed E-state index contributed by atoms with van der Waals surface area (Å²) in [4.78, 5) is 40.4. The van der Waals surface area contributed by atoms with Crippen molar-refractivity contribution in [3.8, 4) is 0 Å². The Hall–Kier alpha value is -2.95. The van der Waals surface area contributed by atoms with E-state index in [2.05, 4.69) is 12.2 Å². The van der Waals surface area contributed by atoms with Crippen molar-refractivity contribution in [1.82, 2.24) is 0 Å². The zero-order valence-corrected chi connectivity index (χ0v) is 17.1. The molecule has 1 saturated carbocycles. The molecule has 0 spiro atoms. The molecule has 1 saturated heterocycles. The molecular weight excluding hydrogens is 364 g/mol.